The monoisotopic (exact) mass is 1110 g/mol. The van der Waals surface area contributed by atoms with Crippen molar-refractivity contribution in [3.8, 4) is 0 Å². The van der Waals surface area contributed by atoms with Crippen molar-refractivity contribution in [2.75, 3.05) is 47.5 Å². The van der Waals surface area contributed by atoms with Gasteiger partial charge in [-0.15, -0.1) is 0 Å². The number of rotatable bonds is 60. The number of phosphoric ester groups is 1. The third-order valence-corrected chi connectivity index (χ3v) is 15.2. The normalized spacial score (nSPS) is 13.7. The van der Waals surface area contributed by atoms with E-state index >= 15 is 0 Å². The van der Waals surface area contributed by atoms with Crippen molar-refractivity contribution in [3.05, 3.63) is 72.9 Å². The maximum atomic E-state index is 12.8. The molecule has 0 aliphatic rings. The molecule has 2 unspecified atom stereocenters. The molecule has 10 heteroatoms. The molecule has 0 radical (unpaired) electrons. The third kappa shape index (κ3) is 62.6. The Bertz CT molecular complexity index is 1550. The molecule has 0 aromatic carbocycles. The SMILES string of the molecule is CC/C=C\C/C=C\C/C=C\C/C=C\C/C=C\C/C=C\CCCCCCCCC(=O)OC(COC(=O)CCCCCCCCCCCCCCCCCCCCCCCCCCCCCCC)COP(=O)(O)OCC[N+](C)(C)C. The summed E-state index contributed by atoms with van der Waals surface area (Å²) in [6.45, 7) is 4.34. The van der Waals surface area contributed by atoms with Crippen LogP contribution in [0.15, 0.2) is 72.9 Å². The van der Waals surface area contributed by atoms with Crippen molar-refractivity contribution in [1.82, 2.24) is 0 Å². The van der Waals surface area contributed by atoms with E-state index in [-0.39, 0.29) is 32.0 Å². The molecule has 0 amide bonds. The van der Waals surface area contributed by atoms with E-state index in [2.05, 4.69) is 86.8 Å². The van der Waals surface area contributed by atoms with E-state index in [9.17, 15) is 19.0 Å². The molecule has 0 heterocycles. The number of carbonyl (C=O) groups excluding carboxylic acids is 2. The average molecular weight is 1120 g/mol. The third-order valence-electron chi connectivity index (χ3n) is 14.3. The quantitative estimate of drug-likeness (QED) is 0.0211. The van der Waals surface area contributed by atoms with Crippen LogP contribution < -0.4 is 0 Å². The number of quaternary nitrogens is 1. The first-order valence-electron chi connectivity index (χ1n) is 32.7. The zero-order chi connectivity index (χ0) is 57.0. The molecule has 0 fully saturated rings. The van der Waals surface area contributed by atoms with Gasteiger partial charge in [0.15, 0.2) is 6.10 Å². The topological polar surface area (TPSA) is 108 Å². The molecular formula is C68H125NO8P+. The molecule has 2 atom stereocenters. The lowest BCUT2D eigenvalue weighted by Crippen LogP contribution is -2.37. The van der Waals surface area contributed by atoms with E-state index in [0.29, 0.717) is 17.4 Å². The highest BCUT2D eigenvalue weighted by molar-refractivity contribution is 7.47. The lowest BCUT2D eigenvalue weighted by molar-refractivity contribution is -0.870. The summed E-state index contributed by atoms with van der Waals surface area (Å²) in [5.74, 6) is -0.805. The lowest BCUT2D eigenvalue weighted by atomic mass is 10.0. The van der Waals surface area contributed by atoms with E-state index in [0.717, 1.165) is 96.3 Å². The second-order valence-corrected chi connectivity index (χ2v) is 24.6. The highest BCUT2D eigenvalue weighted by atomic mass is 31.2. The Hall–Kier alpha value is -2.55. The van der Waals surface area contributed by atoms with Gasteiger partial charge >= 0.3 is 19.8 Å². The van der Waals surface area contributed by atoms with E-state index in [1.807, 2.05) is 21.1 Å². The zero-order valence-electron chi connectivity index (χ0n) is 51.6. The lowest BCUT2D eigenvalue weighted by Gasteiger charge is -2.24. The zero-order valence-corrected chi connectivity index (χ0v) is 52.5. The molecule has 0 aliphatic carbocycles. The molecule has 0 saturated heterocycles. The predicted octanol–water partition coefficient (Wildman–Crippen LogP) is 20.8. The molecule has 0 rings (SSSR count). The Kier molecular flexibility index (Phi) is 57.2. The first kappa shape index (κ1) is 75.5. The summed E-state index contributed by atoms with van der Waals surface area (Å²) >= 11 is 0. The van der Waals surface area contributed by atoms with Crippen LogP contribution in [0.1, 0.15) is 296 Å². The van der Waals surface area contributed by atoms with Gasteiger partial charge in [-0.2, -0.15) is 0 Å². The van der Waals surface area contributed by atoms with Gasteiger partial charge in [0, 0.05) is 12.8 Å². The maximum absolute atomic E-state index is 12.8. The molecule has 0 saturated carbocycles. The van der Waals surface area contributed by atoms with Gasteiger partial charge < -0.3 is 18.9 Å². The summed E-state index contributed by atoms with van der Waals surface area (Å²) < 4.78 is 34.7. The molecule has 454 valence electrons. The number of unbranched alkanes of at least 4 members (excludes halogenated alkanes) is 34. The van der Waals surface area contributed by atoms with Crippen LogP contribution in [0, 0.1) is 0 Å². The summed E-state index contributed by atoms with van der Waals surface area (Å²) in [6, 6.07) is 0. The fourth-order valence-electron chi connectivity index (χ4n) is 9.26. The largest absolute Gasteiger partial charge is 0.472 e. The van der Waals surface area contributed by atoms with E-state index in [1.54, 1.807) is 0 Å². The van der Waals surface area contributed by atoms with Gasteiger partial charge in [-0.25, -0.2) is 4.57 Å². The number of hydrogen-bond acceptors (Lipinski definition) is 7. The number of phosphoric acid groups is 1. The number of esters is 2. The Morgan fingerprint density at radius 1 is 0.410 bits per heavy atom. The van der Waals surface area contributed by atoms with Crippen LogP contribution in [0.4, 0.5) is 0 Å². The van der Waals surface area contributed by atoms with Crippen LogP contribution in [0.25, 0.3) is 0 Å². The van der Waals surface area contributed by atoms with Crippen molar-refractivity contribution in [1.29, 1.82) is 0 Å². The van der Waals surface area contributed by atoms with Gasteiger partial charge in [0.1, 0.15) is 19.8 Å². The summed E-state index contributed by atoms with van der Waals surface area (Å²) in [5.41, 5.74) is 0. The molecule has 0 aliphatic heterocycles. The van der Waals surface area contributed by atoms with Crippen LogP contribution in [0.5, 0.6) is 0 Å². The fraction of sp³-hybridized carbons (Fsp3) is 0.794. The molecular weight excluding hydrogens is 990 g/mol. The van der Waals surface area contributed by atoms with Gasteiger partial charge in [0.25, 0.3) is 0 Å². The highest BCUT2D eigenvalue weighted by Crippen LogP contribution is 2.43. The van der Waals surface area contributed by atoms with E-state index < -0.39 is 26.5 Å². The molecule has 0 aromatic rings. The minimum absolute atomic E-state index is 0.0267. The second kappa shape index (κ2) is 59.1. The number of nitrogens with zero attached hydrogens (tertiary/aromatic N) is 1. The number of carbonyl (C=O) groups is 2. The van der Waals surface area contributed by atoms with Gasteiger partial charge in [0.05, 0.1) is 27.7 Å². The molecule has 0 bridgehead atoms. The summed E-state index contributed by atoms with van der Waals surface area (Å²) in [4.78, 5) is 35.8. The van der Waals surface area contributed by atoms with Crippen LogP contribution >= 0.6 is 7.82 Å². The average Bonchev–Trinajstić information content (AvgIpc) is 3.40. The van der Waals surface area contributed by atoms with Gasteiger partial charge in [0.2, 0.25) is 0 Å². The van der Waals surface area contributed by atoms with Crippen LogP contribution in [-0.2, 0) is 32.7 Å². The maximum Gasteiger partial charge on any atom is 0.472 e. The Morgan fingerprint density at radius 3 is 1.09 bits per heavy atom. The number of hydrogen-bond donors (Lipinski definition) is 1. The van der Waals surface area contributed by atoms with Gasteiger partial charge in [-0.3, -0.25) is 18.6 Å². The highest BCUT2D eigenvalue weighted by Gasteiger charge is 2.27. The van der Waals surface area contributed by atoms with Crippen molar-refractivity contribution < 1.29 is 42.1 Å². The van der Waals surface area contributed by atoms with Crippen molar-refractivity contribution >= 4 is 19.8 Å². The number of likely N-dealkylation sites (N-methyl/N-ethyl adjacent to an activating group) is 1. The van der Waals surface area contributed by atoms with Gasteiger partial charge in [-0.1, -0.05) is 292 Å². The minimum Gasteiger partial charge on any atom is -0.462 e. The molecule has 1 N–H and O–H groups in total. The summed E-state index contributed by atoms with van der Waals surface area (Å²) in [6.07, 6.45) is 78.5. The molecule has 9 nitrogen and oxygen atoms in total. The summed E-state index contributed by atoms with van der Waals surface area (Å²) in [5, 5.41) is 0. The molecule has 0 aromatic heterocycles. The van der Waals surface area contributed by atoms with Crippen LogP contribution in [0.2, 0.25) is 0 Å². The molecule has 78 heavy (non-hydrogen) atoms. The second-order valence-electron chi connectivity index (χ2n) is 23.1. The Balaban J connectivity index is 4.10. The standard InChI is InChI=1S/C68H124NO8P/c1-6-8-10-12-14-16-18-20-22-24-26-28-30-32-33-34-35-37-38-40-42-44-46-48-50-52-54-56-58-60-67(70)74-64-66(65-76-78(72,73)75-63-62-69(3,4)5)77-68(71)61-59-57-55-53-51-49-47-45-43-41-39-36-31-29-27-25-23-21-19-17-15-13-11-9-7-2/h9,11,15,17,21,23,27,29,36,39,43,45,66H,6-8,10,12-14,16,18-20,22,24-26,28,30-35,37-38,40-42,44,46-65H2,1-5H3/p+1/b11-9-,17-15-,23-21-,29-27-,39-36-,45-43-. The first-order valence-corrected chi connectivity index (χ1v) is 34.2. The Labute approximate surface area is 482 Å². The van der Waals surface area contributed by atoms with Crippen molar-refractivity contribution in [3.63, 3.8) is 0 Å². The van der Waals surface area contributed by atoms with Crippen LogP contribution in [-0.4, -0.2) is 74.9 Å². The van der Waals surface area contributed by atoms with Crippen molar-refractivity contribution in [2.24, 2.45) is 0 Å². The summed E-state index contributed by atoms with van der Waals surface area (Å²) in [7, 11) is 1.47. The minimum atomic E-state index is -4.40. The van der Waals surface area contributed by atoms with E-state index in [4.69, 9.17) is 18.5 Å². The molecule has 0 spiro atoms. The number of allylic oxidation sites excluding steroid dienone is 12. The Morgan fingerprint density at radius 2 is 0.731 bits per heavy atom. The first-order chi connectivity index (χ1) is 38.0. The van der Waals surface area contributed by atoms with E-state index in [1.165, 1.54) is 167 Å². The predicted molar refractivity (Wildman–Crippen MR) is 335 cm³/mol. The van der Waals surface area contributed by atoms with Crippen molar-refractivity contribution in [2.45, 2.75) is 302 Å². The van der Waals surface area contributed by atoms with Crippen LogP contribution in [0.3, 0.4) is 0 Å². The number of ether oxygens (including phenoxy) is 2. The fourth-order valence-corrected chi connectivity index (χ4v) is 10.00. The van der Waals surface area contributed by atoms with Gasteiger partial charge in [-0.05, 0) is 64.2 Å². The smallest absolute Gasteiger partial charge is 0.462 e.